The van der Waals surface area contributed by atoms with E-state index in [0.717, 1.165) is 0 Å². The number of rotatable bonds is 2. The number of fused-ring (bicyclic) bond motifs is 2. The molecule has 8 heteroatoms. The molecule has 0 saturated carbocycles. The second-order valence-corrected chi connectivity index (χ2v) is 4.79. The van der Waals surface area contributed by atoms with Gasteiger partial charge in [-0.15, -0.1) is 0 Å². The zero-order valence-corrected chi connectivity index (χ0v) is 11.9. The first-order chi connectivity index (χ1) is 11.4. The minimum Gasteiger partial charge on any atom is -0.507 e. The van der Waals surface area contributed by atoms with E-state index in [1.807, 2.05) is 0 Å². The van der Waals surface area contributed by atoms with E-state index in [0.29, 0.717) is 0 Å². The Balaban J connectivity index is 2.59. The van der Waals surface area contributed by atoms with Gasteiger partial charge in [0, 0.05) is 10.8 Å². The Bertz CT molecular complexity index is 911. The standard InChI is InChI=1S/C16H10O8/c17-9-5-1-3-7-11(9)14(24-16(21)22)8-4-2-6-10(18)12(8)13(7)23-15(19)20/h1-6,17-18H,(H,19,20)(H,21,22). The molecule has 0 aliphatic rings. The van der Waals surface area contributed by atoms with Crippen LogP contribution in [0.1, 0.15) is 0 Å². The fraction of sp³-hybridized carbons (Fsp3) is 0. The van der Waals surface area contributed by atoms with Crippen LogP contribution in [0, 0.1) is 0 Å². The molecule has 0 aliphatic carbocycles. The highest BCUT2D eigenvalue weighted by Gasteiger charge is 2.23. The largest absolute Gasteiger partial charge is 0.511 e. The Hall–Kier alpha value is -3.68. The van der Waals surface area contributed by atoms with E-state index in [1.54, 1.807) is 0 Å². The number of carbonyl (C=O) groups is 2. The fourth-order valence-corrected chi connectivity index (χ4v) is 2.59. The number of hydrogen-bond acceptors (Lipinski definition) is 6. The molecule has 0 aromatic heterocycles. The number of ether oxygens (including phenoxy) is 2. The van der Waals surface area contributed by atoms with Crippen molar-refractivity contribution >= 4 is 33.9 Å². The predicted octanol–water partition coefficient (Wildman–Crippen LogP) is 3.52. The number of hydrogen-bond donors (Lipinski definition) is 4. The van der Waals surface area contributed by atoms with Gasteiger partial charge >= 0.3 is 12.3 Å². The van der Waals surface area contributed by atoms with Gasteiger partial charge in [0.2, 0.25) is 0 Å². The summed E-state index contributed by atoms with van der Waals surface area (Å²) in [5.41, 5.74) is 0. The average Bonchev–Trinajstić information content (AvgIpc) is 2.50. The summed E-state index contributed by atoms with van der Waals surface area (Å²) < 4.78 is 9.56. The lowest BCUT2D eigenvalue weighted by molar-refractivity contribution is 0.143. The summed E-state index contributed by atoms with van der Waals surface area (Å²) in [5, 5.41) is 38.2. The summed E-state index contributed by atoms with van der Waals surface area (Å²) in [7, 11) is 0. The van der Waals surface area contributed by atoms with Crippen LogP contribution in [0.5, 0.6) is 23.0 Å². The molecular weight excluding hydrogens is 320 g/mol. The van der Waals surface area contributed by atoms with Crippen LogP contribution in [0.25, 0.3) is 21.5 Å². The lowest BCUT2D eigenvalue weighted by Gasteiger charge is -2.15. The third-order valence-electron chi connectivity index (χ3n) is 3.41. The van der Waals surface area contributed by atoms with E-state index in [4.69, 9.17) is 19.7 Å². The molecule has 122 valence electrons. The summed E-state index contributed by atoms with van der Waals surface area (Å²) >= 11 is 0. The van der Waals surface area contributed by atoms with Gasteiger partial charge in [-0.1, -0.05) is 24.3 Å². The first-order valence-corrected chi connectivity index (χ1v) is 6.61. The topological polar surface area (TPSA) is 134 Å². The molecule has 0 unspecified atom stereocenters. The Labute approximate surface area is 133 Å². The van der Waals surface area contributed by atoms with Crippen LogP contribution in [0.4, 0.5) is 9.59 Å². The molecular formula is C16H10O8. The van der Waals surface area contributed by atoms with E-state index in [1.165, 1.54) is 36.4 Å². The third kappa shape index (κ3) is 2.35. The molecule has 3 aromatic rings. The van der Waals surface area contributed by atoms with Crippen LogP contribution in [0.15, 0.2) is 36.4 Å². The SMILES string of the molecule is O=C(O)Oc1c2cccc(O)c2c(OC(=O)O)c2cccc(O)c12. The van der Waals surface area contributed by atoms with Gasteiger partial charge in [0.15, 0.2) is 11.5 Å². The first-order valence-electron chi connectivity index (χ1n) is 6.61. The quantitative estimate of drug-likeness (QED) is 0.318. The highest BCUT2D eigenvalue weighted by molar-refractivity contribution is 6.15. The highest BCUT2D eigenvalue weighted by Crippen LogP contribution is 2.48. The fourth-order valence-electron chi connectivity index (χ4n) is 2.59. The molecule has 0 amide bonds. The minimum atomic E-state index is -1.63. The molecule has 4 N–H and O–H groups in total. The number of phenolic OH excluding ortho intramolecular Hbond substituents is 2. The molecule has 0 radical (unpaired) electrons. The second kappa shape index (κ2) is 5.51. The monoisotopic (exact) mass is 330 g/mol. The lowest BCUT2D eigenvalue weighted by Crippen LogP contribution is -2.07. The number of carboxylic acid groups (broad SMARTS) is 2. The van der Waals surface area contributed by atoms with Crippen molar-refractivity contribution in [2.45, 2.75) is 0 Å². The smallest absolute Gasteiger partial charge is 0.507 e. The van der Waals surface area contributed by atoms with Crippen LogP contribution < -0.4 is 9.47 Å². The summed E-state index contributed by atoms with van der Waals surface area (Å²) in [6.45, 7) is 0. The summed E-state index contributed by atoms with van der Waals surface area (Å²) in [6, 6.07) is 8.24. The van der Waals surface area contributed by atoms with Gasteiger partial charge in [-0.3, -0.25) is 0 Å². The first kappa shape index (κ1) is 15.2. The minimum absolute atomic E-state index is 0.0470. The van der Waals surface area contributed by atoms with E-state index in [2.05, 4.69) is 0 Å². The van der Waals surface area contributed by atoms with Gasteiger partial charge in [-0.2, -0.15) is 0 Å². The van der Waals surface area contributed by atoms with Crippen molar-refractivity contribution in [1.82, 2.24) is 0 Å². The summed E-state index contributed by atoms with van der Waals surface area (Å²) in [4.78, 5) is 22.0. The molecule has 0 atom stereocenters. The molecule has 0 spiro atoms. The van der Waals surface area contributed by atoms with Crippen molar-refractivity contribution in [3.05, 3.63) is 36.4 Å². The molecule has 0 fully saturated rings. The van der Waals surface area contributed by atoms with E-state index in [9.17, 15) is 19.8 Å². The van der Waals surface area contributed by atoms with Crippen LogP contribution >= 0.6 is 0 Å². The van der Waals surface area contributed by atoms with Crippen molar-refractivity contribution in [2.24, 2.45) is 0 Å². The van der Waals surface area contributed by atoms with Crippen molar-refractivity contribution < 1.29 is 39.5 Å². The molecule has 24 heavy (non-hydrogen) atoms. The van der Waals surface area contributed by atoms with E-state index >= 15 is 0 Å². The Morgan fingerprint density at radius 3 is 1.42 bits per heavy atom. The maximum Gasteiger partial charge on any atom is 0.511 e. The van der Waals surface area contributed by atoms with Crippen LogP contribution in [-0.4, -0.2) is 32.7 Å². The van der Waals surface area contributed by atoms with Gasteiger partial charge in [-0.25, -0.2) is 9.59 Å². The Morgan fingerprint density at radius 1 is 0.708 bits per heavy atom. The second-order valence-electron chi connectivity index (χ2n) is 4.79. The average molecular weight is 330 g/mol. The molecule has 3 aromatic carbocycles. The Kier molecular flexibility index (Phi) is 3.49. The molecule has 8 nitrogen and oxygen atoms in total. The normalized spacial score (nSPS) is 10.7. The highest BCUT2D eigenvalue weighted by atomic mass is 16.7. The molecule has 0 saturated heterocycles. The van der Waals surface area contributed by atoms with Crippen molar-refractivity contribution in [2.75, 3.05) is 0 Å². The van der Waals surface area contributed by atoms with Crippen LogP contribution in [0.2, 0.25) is 0 Å². The molecule has 0 aliphatic heterocycles. The van der Waals surface area contributed by atoms with Gasteiger partial charge in [0.25, 0.3) is 0 Å². The maximum atomic E-state index is 11.0. The zero-order chi connectivity index (χ0) is 17.4. The predicted molar refractivity (Wildman–Crippen MR) is 82.1 cm³/mol. The van der Waals surface area contributed by atoms with Gasteiger partial charge in [0.1, 0.15) is 11.5 Å². The third-order valence-corrected chi connectivity index (χ3v) is 3.41. The van der Waals surface area contributed by atoms with E-state index < -0.39 is 12.3 Å². The number of benzene rings is 3. The number of aromatic hydroxyl groups is 2. The summed E-state index contributed by atoms with van der Waals surface area (Å²) in [5.74, 6) is -1.13. The molecule has 0 heterocycles. The van der Waals surface area contributed by atoms with Crippen LogP contribution in [-0.2, 0) is 0 Å². The van der Waals surface area contributed by atoms with Crippen LogP contribution in [0.3, 0.4) is 0 Å². The maximum absolute atomic E-state index is 11.0. The van der Waals surface area contributed by atoms with Crippen molar-refractivity contribution in [3.8, 4) is 23.0 Å². The van der Waals surface area contributed by atoms with Gasteiger partial charge in [0.05, 0.1) is 10.8 Å². The van der Waals surface area contributed by atoms with Crippen molar-refractivity contribution in [1.29, 1.82) is 0 Å². The molecule has 3 rings (SSSR count). The van der Waals surface area contributed by atoms with Gasteiger partial charge in [-0.05, 0) is 12.1 Å². The number of phenols is 2. The van der Waals surface area contributed by atoms with Gasteiger partial charge < -0.3 is 29.9 Å². The van der Waals surface area contributed by atoms with E-state index in [-0.39, 0.29) is 44.5 Å². The Morgan fingerprint density at radius 2 is 1.08 bits per heavy atom. The molecule has 0 bridgehead atoms. The lowest BCUT2D eigenvalue weighted by atomic mass is 9.99. The van der Waals surface area contributed by atoms with Crippen molar-refractivity contribution in [3.63, 3.8) is 0 Å². The summed E-state index contributed by atoms with van der Waals surface area (Å²) in [6.07, 6.45) is -3.26. The zero-order valence-electron chi connectivity index (χ0n) is 11.9.